The maximum Gasteiger partial charge on any atom is 0.325 e. The first-order chi connectivity index (χ1) is 10.0. The zero-order chi connectivity index (χ0) is 15.0. The number of aromatic nitrogens is 2. The molecule has 2 saturated heterocycles. The molecule has 1 atom stereocenters. The van der Waals surface area contributed by atoms with Gasteiger partial charge in [0.05, 0.1) is 12.6 Å². The summed E-state index contributed by atoms with van der Waals surface area (Å²) < 4.78 is 1.98. The van der Waals surface area contributed by atoms with Crippen molar-refractivity contribution in [1.82, 2.24) is 25.1 Å². The lowest BCUT2D eigenvalue weighted by Crippen LogP contribution is -2.54. The lowest BCUT2D eigenvalue weighted by molar-refractivity contribution is -0.132. The van der Waals surface area contributed by atoms with E-state index in [9.17, 15) is 9.59 Å². The summed E-state index contributed by atoms with van der Waals surface area (Å²) in [5.74, 6) is 0.796. The summed E-state index contributed by atoms with van der Waals surface area (Å²) in [6.45, 7) is 5.79. The van der Waals surface area contributed by atoms with Crippen LogP contribution >= 0.6 is 0 Å². The van der Waals surface area contributed by atoms with Crippen molar-refractivity contribution in [3.63, 3.8) is 0 Å². The molecule has 0 saturated carbocycles. The van der Waals surface area contributed by atoms with E-state index in [0.717, 1.165) is 18.9 Å². The van der Waals surface area contributed by atoms with E-state index >= 15 is 0 Å². The monoisotopic (exact) mass is 291 g/mol. The number of carbonyl (C=O) groups excluding carboxylic acids is 2. The third kappa shape index (κ3) is 2.31. The lowest BCUT2D eigenvalue weighted by atomic mass is 9.88. The number of amides is 3. The smallest absolute Gasteiger partial charge is 0.325 e. The fraction of sp³-hybridized carbons (Fsp3) is 0.643. The number of imidazole rings is 1. The Morgan fingerprint density at radius 1 is 1.38 bits per heavy atom. The largest absolute Gasteiger partial charge is 0.331 e. The molecule has 0 aromatic carbocycles. The Hall–Kier alpha value is -1.89. The third-order valence-electron chi connectivity index (χ3n) is 4.49. The molecule has 2 N–H and O–H groups in total. The molecule has 0 unspecified atom stereocenters. The highest BCUT2D eigenvalue weighted by Gasteiger charge is 2.51. The number of hydrogen-bond donors (Lipinski definition) is 2. The highest BCUT2D eigenvalue weighted by Crippen LogP contribution is 2.28. The Balaban J connectivity index is 1.75. The average Bonchev–Trinajstić information content (AvgIpc) is 2.98. The first kappa shape index (κ1) is 14.1. The van der Waals surface area contributed by atoms with E-state index in [-0.39, 0.29) is 18.0 Å². The van der Waals surface area contributed by atoms with Gasteiger partial charge in [0.2, 0.25) is 0 Å². The summed E-state index contributed by atoms with van der Waals surface area (Å²) >= 11 is 0. The second-order valence-corrected chi connectivity index (χ2v) is 5.91. The molecule has 2 aliphatic heterocycles. The standard InChI is InChI=1S/C14H21N5O2/c1-10(18-8-7-16-11(18)2)9-19-12(20)14(17-13(19)21)3-5-15-6-4-14/h7-8,10,15H,3-6,9H2,1-2H3,(H,17,21)/t10-/m1/s1. The summed E-state index contributed by atoms with van der Waals surface area (Å²) in [4.78, 5) is 30.4. The number of rotatable bonds is 3. The first-order valence-corrected chi connectivity index (χ1v) is 7.38. The molecule has 114 valence electrons. The zero-order valence-electron chi connectivity index (χ0n) is 12.4. The fourth-order valence-corrected chi connectivity index (χ4v) is 3.24. The molecule has 3 amide bonds. The molecule has 2 fully saturated rings. The summed E-state index contributed by atoms with van der Waals surface area (Å²) in [5, 5.41) is 6.13. The predicted octanol–water partition coefficient (Wildman–Crippen LogP) is 0.427. The molecule has 7 nitrogen and oxygen atoms in total. The molecular weight excluding hydrogens is 270 g/mol. The van der Waals surface area contributed by atoms with Crippen molar-refractivity contribution in [3.8, 4) is 0 Å². The number of carbonyl (C=O) groups is 2. The number of urea groups is 1. The quantitative estimate of drug-likeness (QED) is 0.791. The summed E-state index contributed by atoms with van der Waals surface area (Å²) in [7, 11) is 0. The van der Waals surface area contributed by atoms with Gasteiger partial charge in [-0.15, -0.1) is 0 Å². The van der Waals surface area contributed by atoms with Crippen LogP contribution in [0, 0.1) is 6.92 Å². The molecule has 0 radical (unpaired) electrons. The minimum Gasteiger partial charge on any atom is -0.331 e. The van der Waals surface area contributed by atoms with E-state index in [1.165, 1.54) is 4.90 Å². The van der Waals surface area contributed by atoms with Crippen LogP contribution in [0.2, 0.25) is 0 Å². The minimum atomic E-state index is -0.688. The van der Waals surface area contributed by atoms with Gasteiger partial charge in [0.15, 0.2) is 0 Å². The van der Waals surface area contributed by atoms with Crippen LogP contribution in [0.25, 0.3) is 0 Å². The SMILES string of the molecule is Cc1nccn1[C@H](C)CN1C(=O)NC2(CCNCC2)C1=O. The van der Waals surface area contributed by atoms with Gasteiger partial charge in [-0.3, -0.25) is 9.69 Å². The Kier molecular flexibility index (Phi) is 3.44. The second kappa shape index (κ2) is 5.14. The maximum absolute atomic E-state index is 12.7. The van der Waals surface area contributed by atoms with E-state index < -0.39 is 5.54 Å². The Bertz CT molecular complexity index is 561. The predicted molar refractivity (Wildman–Crippen MR) is 76.8 cm³/mol. The Morgan fingerprint density at radius 3 is 2.71 bits per heavy atom. The molecule has 1 spiro atoms. The van der Waals surface area contributed by atoms with Gasteiger partial charge < -0.3 is 15.2 Å². The number of piperidine rings is 1. The van der Waals surface area contributed by atoms with E-state index in [0.29, 0.717) is 19.4 Å². The number of nitrogens with one attached hydrogen (secondary N) is 2. The van der Waals surface area contributed by atoms with Gasteiger partial charge in [-0.1, -0.05) is 0 Å². The van der Waals surface area contributed by atoms with Gasteiger partial charge in [-0.2, -0.15) is 0 Å². The van der Waals surface area contributed by atoms with E-state index in [4.69, 9.17) is 0 Å². The van der Waals surface area contributed by atoms with Crippen LogP contribution in [0.1, 0.15) is 31.6 Å². The highest BCUT2D eigenvalue weighted by atomic mass is 16.2. The molecule has 7 heteroatoms. The molecule has 3 rings (SSSR count). The molecule has 2 aliphatic rings. The van der Waals surface area contributed by atoms with Crippen molar-refractivity contribution in [1.29, 1.82) is 0 Å². The highest BCUT2D eigenvalue weighted by molar-refractivity contribution is 6.07. The average molecular weight is 291 g/mol. The van der Waals surface area contributed by atoms with E-state index in [1.54, 1.807) is 6.20 Å². The minimum absolute atomic E-state index is 0.0130. The van der Waals surface area contributed by atoms with Crippen LogP contribution in [-0.2, 0) is 4.79 Å². The van der Waals surface area contributed by atoms with E-state index in [2.05, 4.69) is 15.6 Å². The topological polar surface area (TPSA) is 79.3 Å². The molecule has 0 bridgehead atoms. The number of aryl methyl sites for hydroxylation is 1. The van der Waals surface area contributed by atoms with Gasteiger partial charge in [0.25, 0.3) is 5.91 Å². The third-order valence-corrected chi connectivity index (χ3v) is 4.49. The van der Waals surface area contributed by atoms with Crippen molar-refractivity contribution in [2.45, 2.75) is 38.3 Å². The van der Waals surface area contributed by atoms with Gasteiger partial charge in [-0.25, -0.2) is 9.78 Å². The summed E-state index contributed by atoms with van der Waals surface area (Å²) in [6.07, 6.45) is 4.92. The van der Waals surface area contributed by atoms with Crippen LogP contribution in [-0.4, -0.2) is 51.6 Å². The van der Waals surface area contributed by atoms with Crippen LogP contribution in [0.4, 0.5) is 4.79 Å². The van der Waals surface area contributed by atoms with Crippen molar-refractivity contribution in [2.75, 3.05) is 19.6 Å². The van der Waals surface area contributed by atoms with Crippen LogP contribution in [0.5, 0.6) is 0 Å². The summed E-state index contributed by atoms with van der Waals surface area (Å²) in [5.41, 5.74) is -0.688. The lowest BCUT2D eigenvalue weighted by Gasteiger charge is -2.31. The molecular formula is C14H21N5O2. The number of imide groups is 1. The van der Waals surface area contributed by atoms with Crippen LogP contribution < -0.4 is 10.6 Å². The van der Waals surface area contributed by atoms with Crippen molar-refractivity contribution in [3.05, 3.63) is 18.2 Å². The first-order valence-electron chi connectivity index (χ1n) is 7.38. The molecule has 1 aromatic heterocycles. The molecule has 0 aliphatic carbocycles. The zero-order valence-corrected chi connectivity index (χ0v) is 12.4. The fourth-order valence-electron chi connectivity index (χ4n) is 3.24. The Morgan fingerprint density at radius 2 is 2.10 bits per heavy atom. The van der Waals surface area contributed by atoms with Gasteiger partial charge in [-0.05, 0) is 39.8 Å². The molecule has 1 aromatic rings. The molecule has 3 heterocycles. The van der Waals surface area contributed by atoms with Crippen molar-refractivity contribution >= 4 is 11.9 Å². The Labute approximate surface area is 123 Å². The maximum atomic E-state index is 12.7. The van der Waals surface area contributed by atoms with E-state index in [1.807, 2.05) is 24.6 Å². The van der Waals surface area contributed by atoms with Crippen LogP contribution in [0.15, 0.2) is 12.4 Å². The van der Waals surface area contributed by atoms with Crippen LogP contribution in [0.3, 0.4) is 0 Å². The second-order valence-electron chi connectivity index (χ2n) is 5.91. The van der Waals surface area contributed by atoms with Crippen molar-refractivity contribution in [2.24, 2.45) is 0 Å². The summed E-state index contributed by atoms with van der Waals surface area (Å²) in [6, 6.07) is -0.259. The van der Waals surface area contributed by atoms with Crippen molar-refractivity contribution < 1.29 is 9.59 Å². The van der Waals surface area contributed by atoms with Gasteiger partial charge in [0.1, 0.15) is 11.4 Å². The van der Waals surface area contributed by atoms with Gasteiger partial charge >= 0.3 is 6.03 Å². The number of hydrogen-bond acceptors (Lipinski definition) is 4. The van der Waals surface area contributed by atoms with Gasteiger partial charge in [0, 0.05) is 12.4 Å². The normalized spacial score (nSPS) is 22.7. The molecule has 21 heavy (non-hydrogen) atoms. The number of nitrogens with zero attached hydrogens (tertiary/aromatic N) is 3.